The van der Waals surface area contributed by atoms with Crippen molar-refractivity contribution in [3.8, 4) is 0 Å². The summed E-state index contributed by atoms with van der Waals surface area (Å²) < 4.78 is 27.9. The van der Waals surface area contributed by atoms with E-state index in [1.54, 1.807) is 24.3 Å². The number of H-pyrrole nitrogens is 1. The number of aromatic nitrogens is 4. The minimum absolute atomic E-state index is 0.00907. The summed E-state index contributed by atoms with van der Waals surface area (Å²) in [5.41, 5.74) is 0.983. The Bertz CT molecular complexity index is 1200. The summed E-state index contributed by atoms with van der Waals surface area (Å²) in [6.45, 7) is 1.88. The summed E-state index contributed by atoms with van der Waals surface area (Å²) >= 11 is 0. The summed E-state index contributed by atoms with van der Waals surface area (Å²) in [4.78, 5) is 12.8. The van der Waals surface area contributed by atoms with E-state index in [9.17, 15) is 13.6 Å². The zero-order valence-electron chi connectivity index (χ0n) is 14.3. The molecule has 0 saturated carbocycles. The van der Waals surface area contributed by atoms with Crippen LogP contribution >= 0.6 is 0 Å². The Kier molecular flexibility index (Phi) is 4.15. The number of fused-ring (bicyclic) bond motifs is 1. The molecular formula is C19H15F2N5O. The summed E-state index contributed by atoms with van der Waals surface area (Å²) in [6, 6.07) is 12.4. The maximum absolute atomic E-state index is 13.5. The maximum atomic E-state index is 13.5. The normalized spacial score (nSPS) is 11.1. The number of nitrogens with zero attached hydrogens (tertiary/aromatic N) is 3. The van der Waals surface area contributed by atoms with E-state index in [4.69, 9.17) is 0 Å². The van der Waals surface area contributed by atoms with Crippen LogP contribution in [0.1, 0.15) is 11.3 Å². The van der Waals surface area contributed by atoms with Gasteiger partial charge in [0.2, 0.25) is 0 Å². The van der Waals surface area contributed by atoms with Gasteiger partial charge in [0.15, 0.2) is 23.3 Å². The van der Waals surface area contributed by atoms with Crippen molar-refractivity contribution in [2.75, 3.05) is 5.32 Å². The van der Waals surface area contributed by atoms with Crippen molar-refractivity contribution in [2.45, 2.75) is 13.5 Å². The van der Waals surface area contributed by atoms with Crippen molar-refractivity contribution < 1.29 is 8.78 Å². The number of hydrogen-bond acceptors (Lipinski definition) is 4. The van der Waals surface area contributed by atoms with Crippen LogP contribution in [0.3, 0.4) is 0 Å². The largest absolute Gasteiger partial charge is 0.321 e. The van der Waals surface area contributed by atoms with Gasteiger partial charge in [-0.25, -0.2) is 13.5 Å². The lowest BCUT2D eigenvalue weighted by Gasteiger charge is -2.11. The monoisotopic (exact) mass is 367 g/mol. The molecule has 0 atom stereocenters. The Labute approximate surface area is 152 Å². The molecule has 0 aliphatic carbocycles. The van der Waals surface area contributed by atoms with Gasteiger partial charge in [0, 0.05) is 17.1 Å². The van der Waals surface area contributed by atoms with Crippen LogP contribution in [0, 0.1) is 18.6 Å². The van der Waals surface area contributed by atoms with E-state index in [1.165, 1.54) is 10.7 Å². The molecule has 2 heterocycles. The van der Waals surface area contributed by atoms with Gasteiger partial charge in [-0.1, -0.05) is 24.3 Å². The smallest absolute Gasteiger partial charge is 0.275 e. The molecule has 4 rings (SSSR count). The molecule has 0 aliphatic rings. The lowest BCUT2D eigenvalue weighted by molar-refractivity contribution is 0.505. The van der Waals surface area contributed by atoms with Gasteiger partial charge in [0.05, 0.1) is 11.9 Å². The zero-order chi connectivity index (χ0) is 19.0. The number of aromatic amines is 1. The SMILES string of the molecule is Cc1cc(Nc2nn(Cc3ccc(F)c(F)c3)c(=O)c3ccccc23)n[nH]1. The fourth-order valence-corrected chi connectivity index (χ4v) is 2.85. The summed E-state index contributed by atoms with van der Waals surface area (Å²) in [5.74, 6) is -0.900. The quantitative estimate of drug-likeness (QED) is 0.579. The van der Waals surface area contributed by atoms with E-state index in [1.807, 2.05) is 13.0 Å². The van der Waals surface area contributed by atoms with E-state index >= 15 is 0 Å². The average molecular weight is 367 g/mol. The minimum Gasteiger partial charge on any atom is -0.321 e. The molecule has 2 aromatic heterocycles. The fraction of sp³-hybridized carbons (Fsp3) is 0.105. The molecule has 0 spiro atoms. The number of benzene rings is 2. The van der Waals surface area contributed by atoms with Gasteiger partial charge in [0.25, 0.3) is 5.56 Å². The number of halogens is 2. The molecule has 8 heteroatoms. The average Bonchev–Trinajstić information content (AvgIpc) is 3.07. The predicted molar refractivity (Wildman–Crippen MR) is 98.1 cm³/mol. The Balaban J connectivity index is 1.81. The fourth-order valence-electron chi connectivity index (χ4n) is 2.85. The van der Waals surface area contributed by atoms with Crippen LogP contribution in [0.4, 0.5) is 20.4 Å². The first kappa shape index (κ1) is 16.9. The number of anilines is 2. The molecule has 4 aromatic rings. The first-order chi connectivity index (χ1) is 13.0. The Hall–Kier alpha value is -3.55. The van der Waals surface area contributed by atoms with E-state index in [0.29, 0.717) is 28.0 Å². The molecule has 0 aliphatic heterocycles. The Morgan fingerprint density at radius 1 is 1.07 bits per heavy atom. The van der Waals surface area contributed by atoms with Gasteiger partial charge in [-0.3, -0.25) is 9.89 Å². The summed E-state index contributed by atoms with van der Waals surface area (Å²) in [6.07, 6.45) is 0. The standard InChI is InChI=1S/C19H15F2N5O/c1-11-8-17(24-23-11)22-18-13-4-2-3-5-14(13)19(27)26(25-18)10-12-6-7-15(20)16(21)9-12/h2-9H,10H2,1H3,(H2,22,23,24,25). The lowest BCUT2D eigenvalue weighted by Crippen LogP contribution is -2.24. The molecule has 0 unspecified atom stereocenters. The molecule has 2 N–H and O–H groups in total. The number of hydrogen-bond donors (Lipinski definition) is 2. The van der Waals surface area contributed by atoms with Gasteiger partial charge in [0.1, 0.15) is 0 Å². The van der Waals surface area contributed by atoms with Gasteiger partial charge >= 0.3 is 0 Å². The van der Waals surface area contributed by atoms with Crippen molar-refractivity contribution in [3.05, 3.63) is 81.8 Å². The van der Waals surface area contributed by atoms with E-state index in [0.717, 1.165) is 17.8 Å². The molecular weight excluding hydrogens is 352 g/mol. The molecule has 0 bridgehead atoms. The van der Waals surface area contributed by atoms with E-state index in [2.05, 4.69) is 20.6 Å². The Morgan fingerprint density at radius 3 is 2.56 bits per heavy atom. The molecule has 27 heavy (non-hydrogen) atoms. The molecule has 0 saturated heterocycles. The second-order valence-corrected chi connectivity index (χ2v) is 6.17. The first-order valence-electron chi connectivity index (χ1n) is 8.24. The van der Waals surface area contributed by atoms with Crippen molar-refractivity contribution in [1.82, 2.24) is 20.0 Å². The van der Waals surface area contributed by atoms with Crippen LogP contribution in [0.5, 0.6) is 0 Å². The number of aryl methyl sites for hydroxylation is 1. The Morgan fingerprint density at radius 2 is 1.85 bits per heavy atom. The third kappa shape index (κ3) is 3.29. The van der Waals surface area contributed by atoms with Crippen LogP contribution in [-0.4, -0.2) is 20.0 Å². The predicted octanol–water partition coefficient (Wildman–Crippen LogP) is 3.50. The van der Waals surface area contributed by atoms with E-state index in [-0.39, 0.29) is 12.1 Å². The topological polar surface area (TPSA) is 75.6 Å². The van der Waals surface area contributed by atoms with Crippen molar-refractivity contribution in [2.24, 2.45) is 0 Å². The second-order valence-electron chi connectivity index (χ2n) is 6.17. The highest BCUT2D eigenvalue weighted by molar-refractivity contribution is 5.92. The molecule has 2 aromatic carbocycles. The first-order valence-corrected chi connectivity index (χ1v) is 8.24. The van der Waals surface area contributed by atoms with E-state index < -0.39 is 11.6 Å². The molecule has 0 radical (unpaired) electrons. The van der Waals surface area contributed by atoms with Gasteiger partial charge in [-0.15, -0.1) is 0 Å². The molecule has 6 nitrogen and oxygen atoms in total. The summed E-state index contributed by atoms with van der Waals surface area (Å²) in [7, 11) is 0. The van der Waals surface area contributed by atoms with Crippen molar-refractivity contribution in [1.29, 1.82) is 0 Å². The number of rotatable bonds is 4. The number of nitrogens with one attached hydrogen (secondary N) is 2. The highest BCUT2D eigenvalue weighted by Crippen LogP contribution is 2.21. The van der Waals surface area contributed by atoms with Crippen LogP contribution in [0.15, 0.2) is 53.3 Å². The van der Waals surface area contributed by atoms with Crippen LogP contribution in [-0.2, 0) is 6.54 Å². The second kappa shape index (κ2) is 6.64. The minimum atomic E-state index is -0.966. The zero-order valence-corrected chi connectivity index (χ0v) is 14.3. The van der Waals surface area contributed by atoms with Gasteiger partial charge in [-0.2, -0.15) is 10.2 Å². The van der Waals surface area contributed by atoms with Crippen molar-refractivity contribution in [3.63, 3.8) is 0 Å². The molecule has 136 valence electrons. The molecule has 0 amide bonds. The third-order valence-corrected chi connectivity index (χ3v) is 4.14. The lowest BCUT2D eigenvalue weighted by atomic mass is 10.1. The van der Waals surface area contributed by atoms with Crippen molar-refractivity contribution >= 4 is 22.4 Å². The van der Waals surface area contributed by atoms with Gasteiger partial charge < -0.3 is 5.32 Å². The highest BCUT2D eigenvalue weighted by Gasteiger charge is 2.13. The highest BCUT2D eigenvalue weighted by atomic mass is 19.2. The van der Waals surface area contributed by atoms with Crippen LogP contribution in [0.2, 0.25) is 0 Å². The molecule has 0 fully saturated rings. The third-order valence-electron chi connectivity index (χ3n) is 4.14. The maximum Gasteiger partial charge on any atom is 0.275 e. The van der Waals surface area contributed by atoms with Crippen LogP contribution < -0.4 is 10.9 Å². The summed E-state index contributed by atoms with van der Waals surface area (Å²) in [5, 5.41) is 15.5. The van der Waals surface area contributed by atoms with Crippen LogP contribution in [0.25, 0.3) is 10.8 Å². The van der Waals surface area contributed by atoms with Gasteiger partial charge in [-0.05, 0) is 30.7 Å².